The molecule has 0 amide bonds. The summed E-state index contributed by atoms with van der Waals surface area (Å²) in [6.07, 6.45) is 9.06. The van der Waals surface area contributed by atoms with E-state index in [0.717, 1.165) is 23.8 Å². The molecule has 1 aliphatic carbocycles. The second-order valence-electron chi connectivity index (χ2n) is 2.52. The summed E-state index contributed by atoms with van der Waals surface area (Å²) in [5, 5.41) is 0. The third-order valence-corrected chi connectivity index (χ3v) is 1.61. The van der Waals surface area contributed by atoms with Crippen LogP contribution in [0.3, 0.4) is 0 Å². The van der Waals surface area contributed by atoms with Crippen LogP contribution < -0.4 is 0 Å². The lowest BCUT2D eigenvalue weighted by atomic mass is 10.3. The Hall–Kier alpha value is -1.31. The molecule has 2 heteroatoms. The van der Waals surface area contributed by atoms with Crippen LogP contribution in [0, 0.1) is 6.92 Å². The van der Waals surface area contributed by atoms with Gasteiger partial charge in [0.05, 0.1) is 0 Å². The maximum Gasteiger partial charge on any atom is 0.192 e. The first-order valence-corrected chi connectivity index (χ1v) is 3.67. The van der Waals surface area contributed by atoms with E-state index < -0.39 is 0 Å². The van der Waals surface area contributed by atoms with E-state index in [1.165, 1.54) is 0 Å². The van der Waals surface area contributed by atoms with E-state index in [4.69, 9.17) is 4.42 Å². The molecule has 0 radical (unpaired) electrons. The van der Waals surface area contributed by atoms with Gasteiger partial charge in [0, 0.05) is 6.92 Å². The van der Waals surface area contributed by atoms with E-state index in [-0.39, 0.29) is 0 Å². The zero-order valence-electron chi connectivity index (χ0n) is 6.37. The highest BCUT2D eigenvalue weighted by Gasteiger charge is 2.05. The number of rotatable bonds is 0. The molecule has 2 nitrogen and oxygen atoms in total. The number of oxazole rings is 1. The molecule has 0 atom stereocenters. The summed E-state index contributed by atoms with van der Waals surface area (Å²) in [5.41, 5.74) is 0.941. The van der Waals surface area contributed by atoms with Crippen LogP contribution in [0.15, 0.2) is 16.6 Å². The number of aromatic nitrogens is 1. The van der Waals surface area contributed by atoms with Gasteiger partial charge in [-0.3, -0.25) is 0 Å². The predicted octanol–water partition coefficient (Wildman–Crippen LogP) is 2.41. The minimum absolute atomic E-state index is 0.728. The zero-order valence-corrected chi connectivity index (χ0v) is 6.37. The number of aryl methyl sites for hydroxylation is 1. The molecule has 0 aliphatic heterocycles. The zero-order chi connectivity index (χ0) is 7.68. The largest absolute Gasteiger partial charge is 0.441 e. The van der Waals surface area contributed by atoms with Crippen LogP contribution >= 0.6 is 0 Å². The van der Waals surface area contributed by atoms with E-state index in [0.29, 0.717) is 0 Å². The van der Waals surface area contributed by atoms with Gasteiger partial charge in [0.1, 0.15) is 5.69 Å². The smallest absolute Gasteiger partial charge is 0.192 e. The summed E-state index contributed by atoms with van der Waals surface area (Å²) >= 11 is 0. The first kappa shape index (κ1) is 6.40. The molecule has 1 heterocycles. The summed E-state index contributed by atoms with van der Waals surface area (Å²) in [6, 6.07) is 0. The van der Waals surface area contributed by atoms with Gasteiger partial charge < -0.3 is 4.42 Å². The molecule has 11 heavy (non-hydrogen) atoms. The average Bonchev–Trinajstić information content (AvgIpc) is 2.17. The Morgan fingerprint density at radius 2 is 2.18 bits per heavy atom. The Bertz CT molecular complexity index is 291. The lowest BCUT2D eigenvalue weighted by Gasteiger charge is -1.81. The fraction of sp³-hybridized carbons (Fsp3) is 0.222. The van der Waals surface area contributed by atoms with Crippen molar-refractivity contribution in [3.8, 4) is 0 Å². The van der Waals surface area contributed by atoms with Gasteiger partial charge >= 0.3 is 0 Å². The monoisotopic (exact) mass is 147 g/mol. The van der Waals surface area contributed by atoms with Crippen molar-refractivity contribution in [2.75, 3.05) is 0 Å². The molecule has 0 bridgehead atoms. The summed E-state index contributed by atoms with van der Waals surface area (Å²) in [5.74, 6) is 1.60. The minimum atomic E-state index is 0.728. The molecule has 56 valence electrons. The van der Waals surface area contributed by atoms with Crippen molar-refractivity contribution in [1.29, 1.82) is 0 Å². The maximum absolute atomic E-state index is 5.34. The number of fused-ring (bicyclic) bond motifs is 1. The normalized spacial score (nSPS) is 14.6. The molecule has 1 aliphatic rings. The first-order valence-electron chi connectivity index (χ1n) is 3.67. The predicted molar refractivity (Wildman–Crippen MR) is 43.9 cm³/mol. The van der Waals surface area contributed by atoms with Crippen LogP contribution in [0.5, 0.6) is 0 Å². The van der Waals surface area contributed by atoms with Gasteiger partial charge in [-0.15, -0.1) is 0 Å². The van der Waals surface area contributed by atoms with Crippen molar-refractivity contribution < 1.29 is 4.42 Å². The van der Waals surface area contributed by atoms with Crippen molar-refractivity contribution >= 4 is 12.2 Å². The molecule has 1 aromatic rings. The average molecular weight is 147 g/mol. The van der Waals surface area contributed by atoms with Crippen molar-refractivity contribution in [2.45, 2.75) is 13.3 Å². The van der Waals surface area contributed by atoms with Gasteiger partial charge in [-0.2, -0.15) is 0 Å². The molecule has 0 N–H and O–H groups in total. The van der Waals surface area contributed by atoms with Crippen LogP contribution in [0.2, 0.25) is 0 Å². The topological polar surface area (TPSA) is 26.0 Å². The van der Waals surface area contributed by atoms with Gasteiger partial charge in [0.2, 0.25) is 0 Å². The van der Waals surface area contributed by atoms with Gasteiger partial charge in [-0.05, 0) is 18.6 Å². The highest BCUT2D eigenvalue weighted by atomic mass is 16.4. The van der Waals surface area contributed by atoms with Crippen molar-refractivity contribution in [2.24, 2.45) is 0 Å². The lowest BCUT2D eigenvalue weighted by molar-refractivity contribution is 0.513. The minimum Gasteiger partial charge on any atom is -0.441 e. The maximum atomic E-state index is 5.34. The third kappa shape index (κ3) is 1.11. The Labute approximate surface area is 65.2 Å². The summed E-state index contributed by atoms with van der Waals surface area (Å²) in [4.78, 5) is 4.21. The third-order valence-electron chi connectivity index (χ3n) is 1.61. The molecule has 0 unspecified atom stereocenters. The van der Waals surface area contributed by atoms with Gasteiger partial charge in [0.15, 0.2) is 11.7 Å². The van der Waals surface area contributed by atoms with Gasteiger partial charge in [-0.1, -0.05) is 12.2 Å². The van der Waals surface area contributed by atoms with E-state index >= 15 is 0 Å². The molecule has 0 fully saturated rings. The first-order chi connectivity index (χ1) is 5.36. The quantitative estimate of drug-likeness (QED) is 0.563. The highest BCUT2D eigenvalue weighted by molar-refractivity contribution is 5.60. The van der Waals surface area contributed by atoms with Crippen molar-refractivity contribution in [3.63, 3.8) is 0 Å². The van der Waals surface area contributed by atoms with Crippen molar-refractivity contribution in [1.82, 2.24) is 4.98 Å². The molecule has 0 spiro atoms. The number of nitrogens with zero attached hydrogens (tertiary/aromatic N) is 1. The second kappa shape index (κ2) is 2.38. The lowest BCUT2D eigenvalue weighted by Crippen LogP contribution is -1.72. The molecule has 1 aromatic heterocycles. The van der Waals surface area contributed by atoms with E-state index in [9.17, 15) is 0 Å². The Morgan fingerprint density at radius 3 is 3.09 bits per heavy atom. The van der Waals surface area contributed by atoms with E-state index in [1.54, 1.807) is 0 Å². The molecule has 0 saturated heterocycles. The molecule has 0 saturated carbocycles. The summed E-state index contributed by atoms with van der Waals surface area (Å²) in [6.45, 7) is 1.86. The molecular weight excluding hydrogens is 138 g/mol. The van der Waals surface area contributed by atoms with Crippen molar-refractivity contribution in [3.05, 3.63) is 29.5 Å². The van der Waals surface area contributed by atoms with Gasteiger partial charge in [0.25, 0.3) is 0 Å². The second-order valence-corrected chi connectivity index (χ2v) is 2.52. The summed E-state index contributed by atoms with van der Waals surface area (Å²) < 4.78 is 5.34. The molecular formula is C9H9NO. The summed E-state index contributed by atoms with van der Waals surface area (Å²) in [7, 11) is 0. The Balaban J connectivity index is 2.56. The van der Waals surface area contributed by atoms with Crippen LogP contribution in [-0.2, 0) is 0 Å². The number of hydrogen-bond acceptors (Lipinski definition) is 2. The highest BCUT2D eigenvalue weighted by Crippen LogP contribution is 2.17. The number of allylic oxidation sites excluding steroid dienone is 2. The number of hydrogen-bond donors (Lipinski definition) is 0. The standard InChI is InChI=1S/C9H9NO/c1-7-10-8-5-3-2-4-6-9(8)11-7/h3-6H,2H2,1H3. The molecule has 2 rings (SSSR count). The fourth-order valence-electron chi connectivity index (χ4n) is 1.13. The Kier molecular flexibility index (Phi) is 1.39. The van der Waals surface area contributed by atoms with Crippen LogP contribution in [0.4, 0.5) is 0 Å². The van der Waals surface area contributed by atoms with Gasteiger partial charge in [-0.25, -0.2) is 4.98 Å². The van der Waals surface area contributed by atoms with E-state index in [2.05, 4.69) is 17.1 Å². The fourth-order valence-corrected chi connectivity index (χ4v) is 1.13. The van der Waals surface area contributed by atoms with Crippen LogP contribution in [-0.4, -0.2) is 4.98 Å². The van der Waals surface area contributed by atoms with Crippen LogP contribution in [0.25, 0.3) is 12.2 Å². The Morgan fingerprint density at radius 1 is 1.36 bits per heavy atom. The molecule has 0 aromatic carbocycles. The van der Waals surface area contributed by atoms with Crippen LogP contribution in [0.1, 0.15) is 23.8 Å². The SMILES string of the molecule is Cc1nc2c(o1)C=CCC=C2. The van der Waals surface area contributed by atoms with E-state index in [1.807, 2.05) is 19.1 Å².